The van der Waals surface area contributed by atoms with Crippen LogP contribution in [0.1, 0.15) is 54.4 Å². The lowest BCUT2D eigenvalue weighted by Crippen LogP contribution is -2.50. The molecule has 0 bridgehead atoms. The molecular weight excluding hydrogens is 696 g/mol. The number of nitrogens with zero attached hydrogens (tertiary/aromatic N) is 3. The van der Waals surface area contributed by atoms with Crippen LogP contribution in [0.3, 0.4) is 0 Å². The van der Waals surface area contributed by atoms with Gasteiger partial charge in [-0.25, -0.2) is 4.98 Å². The minimum absolute atomic E-state index is 0.0633. The Morgan fingerprint density at radius 1 is 0.980 bits per heavy atom. The Kier molecular flexibility index (Phi) is 10.8. The number of aliphatic hydroxyl groups is 1. The number of hydrogen-bond acceptors (Lipinski definition) is 6. The number of imidazole rings is 1. The number of carbonyl (C=O) groups is 2. The molecule has 1 aromatic heterocycles. The monoisotopic (exact) mass is 730 g/mol. The highest BCUT2D eigenvalue weighted by molar-refractivity contribution is 6.40. The van der Waals surface area contributed by atoms with Crippen LogP contribution < -0.4 is 5.32 Å². The van der Waals surface area contributed by atoms with E-state index in [1.165, 1.54) is 0 Å². The molecule has 14 heteroatoms. The molecule has 2 aliphatic rings. The van der Waals surface area contributed by atoms with Gasteiger partial charge in [-0.05, 0) is 46.7 Å². The number of carbonyl (C=O) groups excluding carboxylic acids is 2. The van der Waals surface area contributed by atoms with E-state index in [2.05, 4.69) is 10.3 Å². The molecule has 2 N–H and O–H groups in total. The van der Waals surface area contributed by atoms with Crippen molar-refractivity contribution in [2.45, 2.75) is 70.2 Å². The fraction of sp³-hybridized carbons (Fsp3) is 0.361. The number of benzene rings is 3. The number of likely N-dealkylation sites (tertiary alicyclic amines) is 1. The maximum Gasteiger partial charge on any atom is 0.471 e. The van der Waals surface area contributed by atoms with Gasteiger partial charge in [-0.3, -0.25) is 9.59 Å². The highest BCUT2D eigenvalue weighted by atomic mass is 35.5. The minimum atomic E-state index is -5.03. The van der Waals surface area contributed by atoms with Crippen molar-refractivity contribution in [2.24, 2.45) is 5.92 Å². The molecule has 2 saturated heterocycles. The first-order chi connectivity index (χ1) is 23.9. The van der Waals surface area contributed by atoms with Gasteiger partial charge in [-0.15, -0.1) is 0 Å². The van der Waals surface area contributed by atoms with Crippen LogP contribution in [0.4, 0.5) is 13.2 Å². The van der Waals surface area contributed by atoms with Crippen molar-refractivity contribution in [1.82, 2.24) is 19.8 Å². The minimum Gasteiger partial charge on any atom is -0.392 e. The van der Waals surface area contributed by atoms with Gasteiger partial charge in [0.2, 0.25) is 5.91 Å². The standard InChI is InChI=1S/C36H35Cl2F3N4O5/c1-21-29(18-44-20-43-31(37)32(44)38)49-34(50-30(21)25-9-7-22(19-46)8-10-25)26-13-11-24(12-14-26)27-5-2-4-23(16-27)17-42-33(47)28-6-3-15-45(28)35(48)36(39,40)41/h2,4-5,7-14,16,20-21,28-30,34,46H,3,6,15,17-19H2,1H3,(H,42,47)/t21-,28-,29+,30+,34+/m0/s1. The first-order valence-corrected chi connectivity index (χ1v) is 16.9. The number of halogens is 5. The summed E-state index contributed by atoms with van der Waals surface area (Å²) >= 11 is 12.5. The Bertz CT molecular complexity index is 1820. The average Bonchev–Trinajstić information content (AvgIpc) is 3.74. The van der Waals surface area contributed by atoms with Crippen LogP contribution in [0.2, 0.25) is 10.3 Å². The van der Waals surface area contributed by atoms with Crippen molar-refractivity contribution in [2.75, 3.05) is 6.54 Å². The van der Waals surface area contributed by atoms with E-state index in [1.54, 1.807) is 10.9 Å². The van der Waals surface area contributed by atoms with Gasteiger partial charge >= 0.3 is 12.1 Å². The fourth-order valence-electron chi connectivity index (χ4n) is 6.44. The quantitative estimate of drug-likeness (QED) is 0.192. The Morgan fingerprint density at radius 2 is 1.70 bits per heavy atom. The predicted octanol–water partition coefficient (Wildman–Crippen LogP) is 7.01. The first kappa shape index (κ1) is 35.9. The van der Waals surface area contributed by atoms with Crippen molar-refractivity contribution in [3.05, 3.63) is 112 Å². The highest BCUT2D eigenvalue weighted by Crippen LogP contribution is 2.43. The van der Waals surface area contributed by atoms with Crippen molar-refractivity contribution >= 4 is 35.0 Å². The van der Waals surface area contributed by atoms with Gasteiger partial charge in [0.25, 0.3) is 0 Å². The van der Waals surface area contributed by atoms with Gasteiger partial charge in [-0.1, -0.05) is 96.9 Å². The molecule has 0 unspecified atom stereocenters. The molecule has 3 heterocycles. The summed E-state index contributed by atoms with van der Waals surface area (Å²) in [4.78, 5) is 29.3. The van der Waals surface area contributed by atoms with Crippen LogP contribution >= 0.6 is 23.2 Å². The number of aliphatic hydroxyl groups excluding tert-OH is 1. The van der Waals surface area contributed by atoms with Gasteiger partial charge in [0.05, 0.1) is 31.7 Å². The number of ether oxygens (including phenoxy) is 2. The van der Waals surface area contributed by atoms with Crippen molar-refractivity contribution in [3.8, 4) is 11.1 Å². The molecular formula is C36H35Cl2F3N4O5. The number of hydrogen-bond donors (Lipinski definition) is 2. The predicted molar refractivity (Wildman–Crippen MR) is 180 cm³/mol. The zero-order valence-corrected chi connectivity index (χ0v) is 28.5. The molecule has 0 saturated carbocycles. The van der Waals surface area contributed by atoms with E-state index in [0.717, 1.165) is 33.4 Å². The summed E-state index contributed by atoms with van der Waals surface area (Å²) in [7, 11) is 0. The third kappa shape index (κ3) is 7.84. The maximum atomic E-state index is 13.0. The summed E-state index contributed by atoms with van der Waals surface area (Å²) in [5.41, 5.74) is 5.02. The number of alkyl halides is 3. The van der Waals surface area contributed by atoms with E-state index in [0.29, 0.717) is 23.0 Å². The topological polar surface area (TPSA) is 106 Å². The molecule has 5 atom stereocenters. The third-order valence-electron chi connectivity index (χ3n) is 9.20. The van der Waals surface area contributed by atoms with Crippen LogP contribution in [-0.2, 0) is 38.8 Å². The van der Waals surface area contributed by atoms with Crippen LogP contribution in [0.5, 0.6) is 0 Å². The second kappa shape index (κ2) is 15.1. The zero-order chi connectivity index (χ0) is 35.6. The van der Waals surface area contributed by atoms with E-state index >= 15 is 0 Å². The van der Waals surface area contributed by atoms with Crippen molar-refractivity contribution in [1.29, 1.82) is 0 Å². The van der Waals surface area contributed by atoms with E-state index in [1.807, 2.05) is 79.7 Å². The second-order valence-corrected chi connectivity index (χ2v) is 13.2. The Morgan fingerprint density at radius 3 is 2.36 bits per heavy atom. The maximum absolute atomic E-state index is 13.0. The van der Waals surface area contributed by atoms with Crippen molar-refractivity contribution in [3.63, 3.8) is 0 Å². The number of nitrogens with one attached hydrogen (secondary N) is 1. The molecule has 9 nitrogen and oxygen atoms in total. The fourth-order valence-corrected chi connectivity index (χ4v) is 6.75. The Balaban J connectivity index is 1.16. The molecule has 264 valence electrons. The van der Waals surface area contributed by atoms with Crippen LogP contribution in [0.15, 0.2) is 79.1 Å². The summed E-state index contributed by atoms with van der Waals surface area (Å²) in [6.07, 6.45) is -4.33. The molecule has 6 rings (SSSR count). The SMILES string of the molecule is C[C@H]1[C@@H](Cn2cnc(Cl)c2Cl)O[C@@H](c2ccc(-c3cccc(CNC(=O)[C@@H]4CCCN4C(=O)C(F)(F)F)c3)cc2)O[C@H]1c1ccc(CO)cc1. The van der Waals surface area contributed by atoms with Crippen molar-refractivity contribution < 1.29 is 37.3 Å². The Labute approximate surface area is 296 Å². The number of amides is 2. The second-order valence-electron chi connectivity index (χ2n) is 12.5. The molecule has 3 aromatic carbocycles. The number of aromatic nitrogens is 2. The summed E-state index contributed by atoms with van der Waals surface area (Å²) in [6.45, 7) is 2.36. The van der Waals surface area contributed by atoms with E-state index < -0.39 is 30.3 Å². The Hall–Kier alpha value is -3.94. The average molecular weight is 732 g/mol. The lowest BCUT2D eigenvalue weighted by Gasteiger charge is -2.41. The van der Waals surface area contributed by atoms with Crippen LogP contribution in [-0.4, -0.2) is 56.2 Å². The normalized spacial score (nSPS) is 22.5. The van der Waals surface area contributed by atoms with Gasteiger partial charge in [0.1, 0.15) is 11.2 Å². The van der Waals surface area contributed by atoms with Crippen LogP contribution in [0.25, 0.3) is 11.1 Å². The first-order valence-electron chi connectivity index (χ1n) is 16.1. The van der Waals surface area contributed by atoms with Gasteiger partial charge in [0.15, 0.2) is 11.4 Å². The van der Waals surface area contributed by atoms with E-state index in [9.17, 15) is 27.9 Å². The summed E-state index contributed by atoms with van der Waals surface area (Å²) in [5.74, 6) is -2.70. The van der Waals surface area contributed by atoms with Gasteiger partial charge in [-0.2, -0.15) is 13.2 Å². The molecule has 2 amide bonds. The van der Waals surface area contributed by atoms with E-state index in [-0.39, 0.29) is 49.4 Å². The zero-order valence-electron chi connectivity index (χ0n) is 26.9. The van der Waals surface area contributed by atoms with Gasteiger partial charge < -0.3 is 29.4 Å². The lowest BCUT2D eigenvalue weighted by molar-refractivity contribution is -0.276. The molecule has 4 aromatic rings. The summed E-state index contributed by atoms with van der Waals surface area (Å²) in [6, 6.07) is 21.6. The summed E-state index contributed by atoms with van der Waals surface area (Å²) in [5, 5.41) is 12.7. The largest absolute Gasteiger partial charge is 0.471 e. The smallest absolute Gasteiger partial charge is 0.392 e. The molecule has 2 aliphatic heterocycles. The molecule has 2 fully saturated rings. The van der Waals surface area contributed by atoms with Crippen LogP contribution in [0, 0.1) is 5.92 Å². The van der Waals surface area contributed by atoms with Gasteiger partial charge in [0, 0.05) is 24.6 Å². The molecule has 50 heavy (non-hydrogen) atoms. The molecule has 0 aliphatic carbocycles. The third-order valence-corrected chi connectivity index (χ3v) is 9.97. The molecule has 0 spiro atoms. The highest BCUT2D eigenvalue weighted by Gasteiger charge is 2.47. The summed E-state index contributed by atoms with van der Waals surface area (Å²) < 4.78 is 53.8. The number of rotatable bonds is 9. The van der Waals surface area contributed by atoms with E-state index in [4.69, 9.17) is 32.7 Å². The lowest BCUT2D eigenvalue weighted by atomic mass is 9.90. The molecule has 0 radical (unpaired) electrons.